The van der Waals surface area contributed by atoms with Gasteiger partial charge >= 0.3 is 5.97 Å². The van der Waals surface area contributed by atoms with Crippen LogP contribution < -0.4 is 0 Å². The monoisotopic (exact) mass is 342 g/mol. The summed E-state index contributed by atoms with van der Waals surface area (Å²) in [6.45, 7) is 4.54. The van der Waals surface area contributed by atoms with Gasteiger partial charge in [0.15, 0.2) is 15.9 Å². The van der Waals surface area contributed by atoms with E-state index in [1.54, 1.807) is 6.92 Å². The van der Waals surface area contributed by atoms with Gasteiger partial charge < -0.3 is 10.0 Å². The standard InChI is InChI=1S/C13H18N4O5S/c1-4-13(7-16-6-5-14-15-16)8(9(18)19)17-10(20)12(2,3)11(17)23(13,21)22/h5-6,8,11H,4,7H2,1-3H3,(H,18,19)/t8-,11+,13-/m0/s1. The molecule has 0 spiro atoms. The topological polar surface area (TPSA) is 122 Å². The lowest BCUT2D eigenvalue weighted by Crippen LogP contribution is -2.68. The maximum Gasteiger partial charge on any atom is 0.328 e. The van der Waals surface area contributed by atoms with Gasteiger partial charge in [0.25, 0.3) is 0 Å². The molecule has 3 rings (SSSR count). The molecule has 0 aliphatic carbocycles. The van der Waals surface area contributed by atoms with Gasteiger partial charge in [0, 0.05) is 6.20 Å². The van der Waals surface area contributed by atoms with Crippen LogP contribution in [0.25, 0.3) is 0 Å². The third-order valence-electron chi connectivity index (χ3n) is 5.03. The molecule has 0 radical (unpaired) electrons. The van der Waals surface area contributed by atoms with Gasteiger partial charge in [-0.15, -0.1) is 5.10 Å². The van der Waals surface area contributed by atoms with Crippen molar-refractivity contribution in [2.24, 2.45) is 5.41 Å². The fourth-order valence-electron chi connectivity index (χ4n) is 3.87. The van der Waals surface area contributed by atoms with Crippen molar-refractivity contribution in [1.82, 2.24) is 19.9 Å². The van der Waals surface area contributed by atoms with E-state index in [0.717, 1.165) is 4.90 Å². The van der Waals surface area contributed by atoms with Crippen LogP contribution in [0.2, 0.25) is 0 Å². The predicted octanol–water partition coefficient (Wildman–Crippen LogP) is -0.497. The number of fused-ring (bicyclic) bond motifs is 1. The van der Waals surface area contributed by atoms with Crippen LogP contribution in [0.1, 0.15) is 27.2 Å². The highest BCUT2D eigenvalue weighted by Crippen LogP contribution is 2.55. The summed E-state index contributed by atoms with van der Waals surface area (Å²) in [5.41, 5.74) is -1.12. The number of hydrogen-bond acceptors (Lipinski definition) is 6. The van der Waals surface area contributed by atoms with E-state index in [1.807, 2.05) is 0 Å². The van der Waals surface area contributed by atoms with Gasteiger partial charge in [0.1, 0.15) is 10.1 Å². The number of aromatic nitrogens is 3. The number of carboxylic acids is 1. The summed E-state index contributed by atoms with van der Waals surface area (Å²) in [5.74, 6) is -1.77. The molecule has 0 saturated carbocycles. The van der Waals surface area contributed by atoms with Crippen molar-refractivity contribution in [2.75, 3.05) is 0 Å². The summed E-state index contributed by atoms with van der Waals surface area (Å²) in [6.07, 6.45) is 2.93. The highest BCUT2D eigenvalue weighted by atomic mass is 32.2. The summed E-state index contributed by atoms with van der Waals surface area (Å²) in [6, 6.07) is -1.42. The van der Waals surface area contributed by atoms with Gasteiger partial charge in [-0.25, -0.2) is 13.2 Å². The molecule has 1 aromatic heterocycles. The van der Waals surface area contributed by atoms with Crippen molar-refractivity contribution >= 4 is 21.7 Å². The van der Waals surface area contributed by atoms with Gasteiger partial charge in [-0.3, -0.25) is 9.48 Å². The number of sulfone groups is 1. The largest absolute Gasteiger partial charge is 0.480 e. The Hall–Kier alpha value is -1.97. The van der Waals surface area contributed by atoms with Gasteiger partial charge in [0.05, 0.1) is 18.2 Å². The van der Waals surface area contributed by atoms with Crippen molar-refractivity contribution in [3.05, 3.63) is 12.4 Å². The van der Waals surface area contributed by atoms with Crippen molar-refractivity contribution in [3.63, 3.8) is 0 Å². The number of carbonyl (C=O) groups excluding carboxylic acids is 1. The zero-order valence-corrected chi connectivity index (χ0v) is 13.8. The highest BCUT2D eigenvalue weighted by molar-refractivity contribution is 7.94. The summed E-state index contributed by atoms with van der Waals surface area (Å²) >= 11 is 0. The van der Waals surface area contributed by atoms with Gasteiger partial charge in [-0.1, -0.05) is 12.1 Å². The Labute approximate surface area is 133 Å². The number of aliphatic carboxylic acids is 1. The number of carboxylic acid groups (broad SMARTS) is 1. The van der Waals surface area contributed by atoms with Crippen LogP contribution in [0.5, 0.6) is 0 Å². The van der Waals surface area contributed by atoms with Gasteiger partial charge in [-0.05, 0) is 20.3 Å². The second kappa shape index (κ2) is 4.53. The fraction of sp³-hybridized carbons (Fsp3) is 0.692. The van der Waals surface area contributed by atoms with Crippen LogP contribution in [0.3, 0.4) is 0 Å². The van der Waals surface area contributed by atoms with E-state index in [0.29, 0.717) is 0 Å². The van der Waals surface area contributed by atoms with Gasteiger partial charge in [0.2, 0.25) is 5.91 Å². The summed E-state index contributed by atoms with van der Waals surface area (Å²) in [5, 5.41) is 15.9. The van der Waals surface area contributed by atoms with Crippen LogP contribution in [0.4, 0.5) is 0 Å². The van der Waals surface area contributed by atoms with Crippen LogP contribution in [-0.4, -0.2) is 61.5 Å². The molecule has 0 aromatic carbocycles. The minimum absolute atomic E-state index is 0.0581. The third kappa shape index (κ3) is 1.69. The first-order valence-corrected chi connectivity index (χ1v) is 8.79. The smallest absolute Gasteiger partial charge is 0.328 e. The molecule has 0 bridgehead atoms. The Morgan fingerprint density at radius 1 is 1.43 bits per heavy atom. The van der Waals surface area contributed by atoms with Crippen LogP contribution in [0, 0.1) is 5.41 Å². The van der Waals surface area contributed by atoms with E-state index < -0.39 is 43.3 Å². The van der Waals surface area contributed by atoms with E-state index in [1.165, 1.54) is 30.9 Å². The molecule has 2 saturated heterocycles. The van der Waals surface area contributed by atoms with E-state index in [4.69, 9.17) is 0 Å². The third-order valence-corrected chi connectivity index (χ3v) is 8.21. The van der Waals surface area contributed by atoms with Crippen molar-refractivity contribution in [1.29, 1.82) is 0 Å². The molecule has 10 heteroatoms. The molecule has 3 atom stereocenters. The van der Waals surface area contributed by atoms with E-state index in [2.05, 4.69) is 10.3 Å². The lowest BCUT2D eigenvalue weighted by molar-refractivity contribution is -0.171. The zero-order valence-electron chi connectivity index (χ0n) is 13.0. The maximum absolute atomic E-state index is 13.2. The predicted molar refractivity (Wildman–Crippen MR) is 77.8 cm³/mol. The van der Waals surface area contributed by atoms with Crippen LogP contribution >= 0.6 is 0 Å². The average Bonchev–Trinajstić information content (AvgIpc) is 3.02. The SMILES string of the molecule is CC[C@]1(Cn2ccnn2)[C@H](C(=O)O)N2C(=O)C(C)(C)[C@H]2S1(=O)=O. The number of amides is 1. The van der Waals surface area contributed by atoms with Crippen molar-refractivity contribution < 1.29 is 23.1 Å². The lowest BCUT2D eigenvalue weighted by Gasteiger charge is -2.48. The molecule has 2 aliphatic heterocycles. The Balaban J connectivity index is 2.20. The van der Waals surface area contributed by atoms with E-state index in [-0.39, 0.29) is 13.0 Å². The lowest BCUT2D eigenvalue weighted by atomic mass is 9.79. The summed E-state index contributed by atoms with van der Waals surface area (Å²) < 4.78 is 26.1. The number of β-lactam (4-membered cyclic amide) rings is 1. The maximum atomic E-state index is 13.2. The average molecular weight is 342 g/mol. The normalized spacial score (nSPS) is 34.0. The van der Waals surface area contributed by atoms with Crippen LogP contribution in [-0.2, 0) is 26.0 Å². The van der Waals surface area contributed by atoms with E-state index in [9.17, 15) is 23.1 Å². The molecule has 2 fully saturated rings. The molecule has 9 nitrogen and oxygen atoms in total. The second-order valence-corrected chi connectivity index (χ2v) is 8.94. The molecule has 1 amide bonds. The summed E-state index contributed by atoms with van der Waals surface area (Å²) in [4.78, 5) is 25.2. The minimum Gasteiger partial charge on any atom is -0.480 e. The summed E-state index contributed by atoms with van der Waals surface area (Å²) in [7, 11) is -3.92. The minimum atomic E-state index is -3.92. The Morgan fingerprint density at radius 3 is 2.57 bits per heavy atom. The first-order chi connectivity index (χ1) is 10.6. The molecular weight excluding hydrogens is 324 g/mol. The Morgan fingerprint density at radius 2 is 2.09 bits per heavy atom. The molecular formula is C13H18N4O5S. The molecule has 126 valence electrons. The second-order valence-electron chi connectivity index (χ2n) is 6.59. The first kappa shape index (κ1) is 15.9. The zero-order chi connectivity index (χ0) is 17.2. The number of rotatable bonds is 4. The number of carbonyl (C=O) groups is 2. The van der Waals surface area contributed by atoms with Crippen molar-refractivity contribution in [2.45, 2.75) is 49.9 Å². The fourth-order valence-corrected chi connectivity index (χ4v) is 6.94. The number of nitrogens with zero attached hydrogens (tertiary/aromatic N) is 4. The number of hydrogen-bond donors (Lipinski definition) is 1. The van der Waals surface area contributed by atoms with Gasteiger partial charge in [-0.2, -0.15) is 0 Å². The Kier molecular flexibility index (Phi) is 3.13. The molecule has 1 aromatic rings. The van der Waals surface area contributed by atoms with Crippen molar-refractivity contribution in [3.8, 4) is 0 Å². The molecule has 23 heavy (non-hydrogen) atoms. The van der Waals surface area contributed by atoms with E-state index >= 15 is 0 Å². The molecule has 3 heterocycles. The highest BCUT2D eigenvalue weighted by Gasteiger charge is 2.77. The Bertz CT molecular complexity index is 772. The quantitative estimate of drug-likeness (QED) is 0.732. The van der Waals surface area contributed by atoms with Crippen LogP contribution in [0.15, 0.2) is 12.4 Å². The molecule has 2 aliphatic rings. The molecule has 1 N–H and O–H groups in total. The molecule has 0 unspecified atom stereocenters. The first-order valence-electron chi connectivity index (χ1n) is 7.24.